The van der Waals surface area contributed by atoms with Gasteiger partial charge in [-0.3, -0.25) is 0 Å². The molecular weight excluding hydrogens is 218 g/mol. The van der Waals surface area contributed by atoms with Crippen molar-refractivity contribution >= 4 is 22.4 Å². The first-order valence-corrected chi connectivity index (χ1v) is 5.80. The minimum Gasteiger partial charge on any atom is -0.330 e. The Morgan fingerprint density at radius 2 is 1.69 bits per heavy atom. The minimum atomic E-state index is 0.0217. The summed E-state index contributed by atoms with van der Waals surface area (Å²) in [6.07, 6.45) is 0. The van der Waals surface area contributed by atoms with Gasteiger partial charge in [0, 0.05) is 17.0 Å². The molecule has 0 spiro atoms. The number of hydrogen-bond acceptors (Lipinski definition) is 1. The molecular formula is C14H16ClN. The van der Waals surface area contributed by atoms with Gasteiger partial charge in [-0.1, -0.05) is 49.7 Å². The molecule has 0 bridgehead atoms. The number of fused-ring (bicyclic) bond motifs is 1. The smallest absolute Gasteiger partial charge is 0.0412 e. The van der Waals surface area contributed by atoms with Crippen LogP contribution >= 0.6 is 11.6 Å². The Balaban J connectivity index is 2.57. The maximum absolute atomic E-state index is 5.96. The lowest BCUT2D eigenvalue weighted by atomic mass is 9.84. The number of benzene rings is 2. The third-order valence-corrected chi connectivity index (χ3v) is 3.33. The SMILES string of the molecule is CC(C)(CN)c1ccc2cc(Cl)ccc2c1. The summed E-state index contributed by atoms with van der Waals surface area (Å²) in [5, 5.41) is 3.16. The summed E-state index contributed by atoms with van der Waals surface area (Å²) in [5.74, 6) is 0. The first-order chi connectivity index (χ1) is 7.53. The predicted molar refractivity (Wildman–Crippen MR) is 71.0 cm³/mol. The lowest BCUT2D eigenvalue weighted by Crippen LogP contribution is -2.27. The van der Waals surface area contributed by atoms with Crippen molar-refractivity contribution in [2.24, 2.45) is 5.73 Å². The third kappa shape index (κ3) is 2.06. The topological polar surface area (TPSA) is 26.0 Å². The molecule has 2 heteroatoms. The van der Waals surface area contributed by atoms with Crippen LogP contribution in [0.1, 0.15) is 19.4 Å². The van der Waals surface area contributed by atoms with Crippen LogP contribution < -0.4 is 5.73 Å². The number of rotatable bonds is 2. The standard InChI is InChI=1S/C14H16ClN/c1-14(2,9-16)12-5-3-11-8-13(15)6-4-10(11)7-12/h3-8H,9,16H2,1-2H3. The van der Waals surface area contributed by atoms with Gasteiger partial charge in [0.05, 0.1) is 0 Å². The molecule has 0 aromatic heterocycles. The molecule has 0 aliphatic rings. The van der Waals surface area contributed by atoms with Gasteiger partial charge in [-0.2, -0.15) is 0 Å². The second-order valence-corrected chi connectivity index (χ2v) is 5.23. The second-order valence-electron chi connectivity index (χ2n) is 4.79. The highest BCUT2D eigenvalue weighted by Gasteiger charge is 2.18. The van der Waals surface area contributed by atoms with Crippen LogP contribution in [0.5, 0.6) is 0 Å². The van der Waals surface area contributed by atoms with E-state index in [2.05, 4.69) is 32.0 Å². The van der Waals surface area contributed by atoms with Crippen LogP contribution in [0.3, 0.4) is 0 Å². The number of nitrogens with two attached hydrogens (primary N) is 1. The summed E-state index contributed by atoms with van der Waals surface area (Å²) in [7, 11) is 0. The molecule has 1 nitrogen and oxygen atoms in total. The third-order valence-electron chi connectivity index (χ3n) is 3.09. The van der Waals surface area contributed by atoms with Crippen LogP contribution in [0.15, 0.2) is 36.4 Å². The van der Waals surface area contributed by atoms with Gasteiger partial charge in [0.2, 0.25) is 0 Å². The average molecular weight is 234 g/mol. The molecule has 0 amide bonds. The van der Waals surface area contributed by atoms with E-state index in [9.17, 15) is 0 Å². The predicted octanol–water partition coefficient (Wildman–Crippen LogP) is 3.73. The van der Waals surface area contributed by atoms with Crippen LogP contribution in [0.2, 0.25) is 5.02 Å². The summed E-state index contributed by atoms with van der Waals surface area (Å²) < 4.78 is 0. The Bertz CT molecular complexity index is 517. The number of halogens is 1. The lowest BCUT2D eigenvalue weighted by Gasteiger charge is -2.23. The van der Waals surface area contributed by atoms with Gasteiger partial charge in [-0.15, -0.1) is 0 Å². The fourth-order valence-corrected chi connectivity index (χ4v) is 1.94. The van der Waals surface area contributed by atoms with E-state index in [1.54, 1.807) is 0 Å². The molecule has 0 aliphatic carbocycles. The minimum absolute atomic E-state index is 0.0217. The van der Waals surface area contributed by atoms with Crippen molar-refractivity contribution in [3.8, 4) is 0 Å². The average Bonchev–Trinajstić information content (AvgIpc) is 2.28. The van der Waals surface area contributed by atoms with Crippen LogP contribution in [0.25, 0.3) is 10.8 Å². The molecule has 0 saturated heterocycles. The van der Waals surface area contributed by atoms with Crippen molar-refractivity contribution in [3.63, 3.8) is 0 Å². The molecule has 2 rings (SSSR count). The highest BCUT2D eigenvalue weighted by Crippen LogP contribution is 2.27. The van der Waals surface area contributed by atoms with Crippen molar-refractivity contribution < 1.29 is 0 Å². The Labute approximate surface area is 101 Å². The summed E-state index contributed by atoms with van der Waals surface area (Å²) in [5.41, 5.74) is 7.08. The number of hydrogen-bond donors (Lipinski definition) is 1. The molecule has 2 N–H and O–H groups in total. The molecule has 84 valence electrons. The van der Waals surface area contributed by atoms with Gasteiger partial charge in [0.15, 0.2) is 0 Å². The van der Waals surface area contributed by atoms with E-state index in [1.165, 1.54) is 16.3 Å². The van der Waals surface area contributed by atoms with Crippen LogP contribution in [0.4, 0.5) is 0 Å². The summed E-state index contributed by atoms with van der Waals surface area (Å²) >= 11 is 5.96. The van der Waals surface area contributed by atoms with E-state index in [0.29, 0.717) is 6.54 Å². The molecule has 2 aromatic carbocycles. The second kappa shape index (κ2) is 4.08. The first-order valence-electron chi connectivity index (χ1n) is 5.43. The normalized spacial score (nSPS) is 12.0. The van der Waals surface area contributed by atoms with E-state index < -0.39 is 0 Å². The largest absolute Gasteiger partial charge is 0.330 e. The molecule has 0 saturated carbocycles. The van der Waals surface area contributed by atoms with Gasteiger partial charge in [0.1, 0.15) is 0 Å². The van der Waals surface area contributed by atoms with E-state index in [4.69, 9.17) is 17.3 Å². The van der Waals surface area contributed by atoms with Crippen molar-refractivity contribution in [1.82, 2.24) is 0 Å². The summed E-state index contributed by atoms with van der Waals surface area (Å²) in [6, 6.07) is 12.4. The van der Waals surface area contributed by atoms with Gasteiger partial charge < -0.3 is 5.73 Å². The van der Waals surface area contributed by atoms with Crippen molar-refractivity contribution in [2.45, 2.75) is 19.3 Å². The van der Waals surface area contributed by atoms with Gasteiger partial charge in [-0.05, 0) is 28.5 Å². The fraction of sp³-hybridized carbons (Fsp3) is 0.286. The molecule has 0 aliphatic heterocycles. The van der Waals surface area contributed by atoms with Crippen LogP contribution in [0, 0.1) is 0 Å². The summed E-state index contributed by atoms with van der Waals surface area (Å²) in [6.45, 7) is 4.96. The molecule has 2 aromatic rings. The van der Waals surface area contributed by atoms with Crippen LogP contribution in [-0.4, -0.2) is 6.54 Å². The van der Waals surface area contributed by atoms with Gasteiger partial charge >= 0.3 is 0 Å². The molecule has 0 atom stereocenters. The molecule has 0 radical (unpaired) electrons. The van der Waals surface area contributed by atoms with E-state index in [1.807, 2.05) is 18.2 Å². The monoisotopic (exact) mass is 233 g/mol. The Hall–Kier alpha value is -1.05. The lowest BCUT2D eigenvalue weighted by molar-refractivity contribution is 0.540. The molecule has 16 heavy (non-hydrogen) atoms. The van der Waals surface area contributed by atoms with Crippen molar-refractivity contribution in [1.29, 1.82) is 0 Å². The highest BCUT2D eigenvalue weighted by atomic mass is 35.5. The molecule has 0 heterocycles. The Kier molecular flexibility index (Phi) is 2.92. The molecule has 0 fully saturated rings. The van der Waals surface area contributed by atoms with Gasteiger partial charge in [0.25, 0.3) is 0 Å². The fourth-order valence-electron chi connectivity index (χ4n) is 1.76. The van der Waals surface area contributed by atoms with E-state index in [-0.39, 0.29) is 5.41 Å². The van der Waals surface area contributed by atoms with E-state index in [0.717, 1.165) is 5.02 Å². The Morgan fingerprint density at radius 1 is 1.06 bits per heavy atom. The Morgan fingerprint density at radius 3 is 2.38 bits per heavy atom. The first kappa shape index (κ1) is 11.4. The van der Waals surface area contributed by atoms with Gasteiger partial charge in [-0.25, -0.2) is 0 Å². The molecule has 0 unspecified atom stereocenters. The zero-order chi connectivity index (χ0) is 11.8. The van der Waals surface area contributed by atoms with Crippen molar-refractivity contribution in [2.75, 3.05) is 6.54 Å². The van der Waals surface area contributed by atoms with Crippen LogP contribution in [-0.2, 0) is 5.41 Å². The zero-order valence-corrected chi connectivity index (χ0v) is 10.4. The zero-order valence-electron chi connectivity index (χ0n) is 9.63. The maximum atomic E-state index is 5.96. The highest BCUT2D eigenvalue weighted by molar-refractivity contribution is 6.31. The van der Waals surface area contributed by atoms with E-state index >= 15 is 0 Å². The quantitative estimate of drug-likeness (QED) is 0.841. The maximum Gasteiger partial charge on any atom is 0.0412 e. The summed E-state index contributed by atoms with van der Waals surface area (Å²) in [4.78, 5) is 0. The van der Waals surface area contributed by atoms with Crippen molar-refractivity contribution in [3.05, 3.63) is 47.0 Å².